The van der Waals surface area contributed by atoms with Gasteiger partial charge in [0.2, 0.25) is 10.0 Å². The Bertz CT molecular complexity index is 731. The monoisotopic (exact) mass is 333 g/mol. The number of sulfonamides is 1. The third kappa shape index (κ3) is 3.92. The fraction of sp³-hybridized carbons (Fsp3) is 0.583. The van der Waals surface area contributed by atoms with E-state index in [9.17, 15) is 16.8 Å². The minimum absolute atomic E-state index is 0.00497. The summed E-state index contributed by atoms with van der Waals surface area (Å²) in [6.45, 7) is 4.12. The number of sulfone groups is 1. The van der Waals surface area contributed by atoms with Crippen molar-refractivity contribution in [2.45, 2.75) is 30.7 Å². The van der Waals surface area contributed by atoms with Crippen LogP contribution in [0.4, 0.5) is 5.82 Å². The second kappa shape index (κ2) is 5.54. The minimum Gasteiger partial charge on any atom is -0.370 e. The van der Waals surface area contributed by atoms with Gasteiger partial charge in [0, 0.05) is 24.3 Å². The zero-order valence-electron chi connectivity index (χ0n) is 12.0. The highest BCUT2D eigenvalue weighted by Gasteiger charge is 2.41. The Balaban J connectivity index is 2.25. The zero-order chi connectivity index (χ0) is 15.7. The lowest BCUT2D eigenvalue weighted by molar-refractivity contribution is 0.462. The topological polar surface area (TPSA) is 105 Å². The van der Waals surface area contributed by atoms with Gasteiger partial charge in [-0.1, -0.05) is 0 Å². The van der Waals surface area contributed by atoms with E-state index in [0.717, 1.165) is 0 Å². The van der Waals surface area contributed by atoms with E-state index in [1.54, 1.807) is 6.92 Å². The molecule has 1 aromatic heterocycles. The van der Waals surface area contributed by atoms with Crippen LogP contribution in [0.25, 0.3) is 0 Å². The Morgan fingerprint density at radius 2 is 2.14 bits per heavy atom. The van der Waals surface area contributed by atoms with Gasteiger partial charge >= 0.3 is 0 Å². The molecule has 0 spiro atoms. The minimum atomic E-state index is -3.79. The van der Waals surface area contributed by atoms with Gasteiger partial charge in [0.05, 0.1) is 16.4 Å². The van der Waals surface area contributed by atoms with Crippen molar-refractivity contribution in [3.8, 4) is 0 Å². The van der Waals surface area contributed by atoms with Crippen LogP contribution in [-0.4, -0.2) is 45.4 Å². The lowest BCUT2D eigenvalue weighted by atomic mass is 10.0. The maximum absolute atomic E-state index is 12.4. The Kier molecular flexibility index (Phi) is 4.27. The molecule has 118 valence electrons. The second-order valence-corrected chi connectivity index (χ2v) is 9.28. The van der Waals surface area contributed by atoms with E-state index in [1.807, 2.05) is 6.92 Å². The van der Waals surface area contributed by atoms with Gasteiger partial charge in [-0.15, -0.1) is 0 Å². The molecule has 2 heterocycles. The standard InChI is InChI=1S/C12H19N3O4S2/c1-3-13-11-8-10(4-6-14-11)21(18,19)15-12(2)5-7-20(16,17)9-12/h4,6,8,15H,3,5,7,9H2,1-2H3,(H,13,14). The van der Waals surface area contributed by atoms with Crippen LogP contribution in [0.3, 0.4) is 0 Å². The van der Waals surface area contributed by atoms with Crippen molar-refractivity contribution in [2.24, 2.45) is 0 Å². The molecule has 1 fully saturated rings. The molecule has 21 heavy (non-hydrogen) atoms. The van der Waals surface area contributed by atoms with Crippen molar-refractivity contribution in [3.05, 3.63) is 18.3 Å². The van der Waals surface area contributed by atoms with Crippen molar-refractivity contribution < 1.29 is 16.8 Å². The maximum Gasteiger partial charge on any atom is 0.241 e. The van der Waals surface area contributed by atoms with Gasteiger partial charge in [-0.2, -0.15) is 0 Å². The molecule has 1 aliphatic rings. The van der Waals surface area contributed by atoms with Crippen molar-refractivity contribution in [3.63, 3.8) is 0 Å². The summed E-state index contributed by atoms with van der Waals surface area (Å²) >= 11 is 0. The molecule has 0 amide bonds. The van der Waals surface area contributed by atoms with Gasteiger partial charge in [0.1, 0.15) is 5.82 Å². The highest BCUT2D eigenvalue weighted by molar-refractivity contribution is 7.92. The Labute approximate surface area is 125 Å². The second-order valence-electron chi connectivity index (χ2n) is 5.42. The lowest BCUT2D eigenvalue weighted by Gasteiger charge is -2.23. The number of hydrogen-bond acceptors (Lipinski definition) is 6. The van der Waals surface area contributed by atoms with Gasteiger partial charge < -0.3 is 5.32 Å². The smallest absolute Gasteiger partial charge is 0.241 e. The zero-order valence-corrected chi connectivity index (χ0v) is 13.6. The van der Waals surface area contributed by atoms with Crippen LogP contribution in [0.15, 0.2) is 23.2 Å². The predicted molar refractivity (Wildman–Crippen MR) is 80.4 cm³/mol. The largest absolute Gasteiger partial charge is 0.370 e. The highest BCUT2D eigenvalue weighted by atomic mass is 32.2. The number of hydrogen-bond donors (Lipinski definition) is 2. The number of nitrogens with one attached hydrogen (secondary N) is 2. The van der Waals surface area contributed by atoms with Crippen molar-refractivity contribution in [1.82, 2.24) is 9.71 Å². The summed E-state index contributed by atoms with van der Waals surface area (Å²) in [5, 5.41) is 2.94. The maximum atomic E-state index is 12.4. The van der Waals surface area contributed by atoms with Gasteiger partial charge in [-0.05, 0) is 26.3 Å². The summed E-state index contributed by atoms with van der Waals surface area (Å²) in [6, 6.07) is 2.81. The molecule has 2 rings (SSSR count). The quantitative estimate of drug-likeness (QED) is 0.806. The van der Waals surface area contributed by atoms with Crippen molar-refractivity contribution in [2.75, 3.05) is 23.4 Å². The van der Waals surface area contributed by atoms with E-state index in [2.05, 4.69) is 15.0 Å². The first-order chi connectivity index (χ1) is 9.66. The number of nitrogens with zero attached hydrogens (tertiary/aromatic N) is 1. The predicted octanol–water partition coefficient (Wildman–Crippen LogP) is 0.369. The molecule has 2 N–H and O–H groups in total. The van der Waals surface area contributed by atoms with Crippen LogP contribution in [0.1, 0.15) is 20.3 Å². The molecule has 0 saturated carbocycles. The third-order valence-electron chi connectivity index (χ3n) is 3.28. The average Bonchev–Trinajstić information content (AvgIpc) is 2.63. The van der Waals surface area contributed by atoms with E-state index >= 15 is 0 Å². The molecule has 0 radical (unpaired) electrons. The van der Waals surface area contributed by atoms with Crippen LogP contribution in [0.2, 0.25) is 0 Å². The molecular formula is C12H19N3O4S2. The van der Waals surface area contributed by atoms with Crippen LogP contribution in [0.5, 0.6) is 0 Å². The first-order valence-corrected chi connectivity index (χ1v) is 9.91. The molecule has 1 unspecified atom stereocenters. The van der Waals surface area contributed by atoms with E-state index in [-0.39, 0.29) is 22.8 Å². The Hall–Kier alpha value is -1.19. The Morgan fingerprint density at radius 1 is 1.43 bits per heavy atom. The van der Waals surface area contributed by atoms with Gasteiger partial charge in [-0.3, -0.25) is 0 Å². The summed E-state index contributed by atoms with van der Waals surface area (Å²) < 4.78 is 50.4. The van der Waals surface area contributed by atoms with E-state index < -0.39 is 25.4 Å². The van der Waals surface area contributed by atoms with Gasteiger partial charge in [-0.25, -0.2) is 26.5 Å². The van der Waals surface area contributed by atoms with Crippen LogP contribution in [-0.2, 0) is 19.9 Å². The summed E-state index contributed by atoms with van der Waals surface area (Å²) in [7, 11) is -6.96. The van der Waals surface area contributed by atoms with Gasteiger partial charge in [0.25, 0.3) is 0 Å². The van der Waals surface area contributed by atoms with E-state index in [1.165, 1.54) is 18.3 Å². The summed E-state index contributed by atoms with van der Waals surface area (Å²) in [6.07, 6.45) is 1.68. The number of aromatic nitrogens is 1. The van der Waals surface area contributed by atoms with E-state index in [0.29, 0.717) is 12.4 Å². The average molecular weight is 333 g/mol. The summed E-state index contributed by atoms with van der Waals surface area (Å²) in [5.74, 6) is 0.291. The molecule has 0 aromatic carbocycles. The normalized spacial score (nSPS) is 24.9. The molecule has 1 saturated heterocycles. The summed E-state index contributed by atoms with van der Waals surface area (Å²) in [5.41, 5.74) is -0.959. The molecule has 1 aromatic rings. The molecule has 9 heteroatoms. The van der Waals surface area contributed by atoms with Crippen molar-refractivity contribution in [1.29, 1.82) is 0 Å². The summed E-state index contributed by atoms with van der Waals surface area (Å²) in [4.78, 5) is 4.08. The fourth-order valence-electron chi connectivity index (χ4n) is 2.33. The number of pyridine rings is 1. The first-order valence-electron chi connectivity index (χ1n) is 6.60. The van der Waals surface area contributed by atoms with E-state index in [4.69, 9.17) is 0 Å². The number of anilines is 1. The Morgan fingerprint density at radius 3 is 2.71 bits per heavy atom. The SMILES string of the molecule is CCNc1cc(S(=O)(=O)NC2(C)CCS(=O)(=O)C2)ccn1. The van der Waals surface area contributed by atoms with Crippen LogP contribution in [0, 0.1) is 0 Å². The van der Waals surface area contributed by atoms with Gasteiger partial charge in [0.15, 0.2) is 9.84 Å². The number of rotatable bonds is 5. The fourth-order valence-corrected chi connectivity index (χ4v) is 5.96. The molecule has 1 aliphatic heterocycles. The lowest BCUT2D eigenvalue weighted by Crippen LogP contribution is -2.46. The van der Waals surface area contributed by atoms with Crippen LogP contribution < -0.4 is 10.0 Å². The molecule has 7 nitrogen and oxygen atoms in total. The molecule has 1 atom stereocenters. The molecular weight excluding hydrogens is 314 g/mol. The van der Waals surface area contributed by atoms with Crippen LogP contribution >= 0.6 is 0 Å². The first kappa shape index (κ1) is 16.2. The molecule has 0 bridgehead atoms. The van der Waals surface area contributed by atoms with Crippen molar-refractivity contribution >= 4 is 25.7 Å². The third-order valence-corrected chi connectivity index (χ3v) is 6.82. The highest BCUT2D eigenvalue weighted by Crippen LogP contribution is 2.25. The molecule has 0 aliphatic carbocycles.